The zero-order valence-corrected chi connectivity index (χ0v) is 13.9. The second-order valence-corrected chi connectivity index (χ2v) is 6.02. The second-order valence-electron chi connectivity index (χ2n) is 6.02. The van der Waals surface area contributed by atoms with Crippen molar-refractivity contribution >= 4 is 22.8 Å². The van der Waals surface area contributed by atoms with Gasteiger partial charge in [0.25, 0.3) is 0 Å². The Hall–Kier alpha value is -2.89. The largest absolute Gasteiger partial charge is 0.421 e. The van der Waals surface area contributed by atoms with Gasteiger partial charge < -0.3 is 9.73 Å². The van der Waals surface area contributed by atoms with E-state index in [-0.39, 0.29) is 18.4 Å². The molecule has 124 valence electrons. The normalized spacial score (nSPS) is 11.2. The van der Waals surface area contributed by atoms with Crippen molar-refractivity contribution < 1.29 is 9.21 Å². The fourth-order valence-corrected chi connectivity index (χ4v) is 2.70. The highest BCUT2D eigenvalue weighted by Gasteiger charge is 2.16. The van der Waals surface area contributed by atoms with Gasteiger partial charge in [0.2, 0.25) is 5.91 Å². The van der Waals surface area contributed by atoms with Crippen LogP contribution in [0.25, 0.3) is 11.2 Å². The number of carbonyl (C=O) groups is 1. The molecule has 2 aromatic heterocycles. The van der Waals surface area contributed by atoms with Gasteiger partial charge in [-0.05, 0) is 36.1 Å². The third-order valence-corrected chi connectivity index (χ3v) is 3.92. The molecule has 0 aliphatic heterocycles. The molecular weight excluding hydrogens is 306 g/mol. The van der Waals surface area contributed by atoms with Gasteiger partial charge in [-0.2, -0.15) is 0 Å². The van der Waals surface area contributed by atoms with Gasteiger partial charge in [-0.3, -0.25) is 4.79 Å². The van der Waals surface area contributed by atoms with Crippen LogP contribution in [0.3, 0.4) is 0 Å². The first kappa shape index (κ1) is 16.0. The van der Waals surface area contributed by atoms with Gasteiger partial charge in [-0.25, -0.2) is 14.3 Å². The van der Waals surface area contributed by atoms with Crippen molar-refractivity contribution in [2.24, 2.45) is 0 Å². The zero-order valence-electron chi connectivity index (χ0n) is 13.9. The lowest BCUT2D eigenvalue weighted by Gasteiger charge is -2.16. The Balaban J connectivity index is 1.89. The van der Waals surface area contributed by atoms with Crippen molar-refractivity contribution in [3.05, 3.63) is 58.2 Å². The number of amides is 1. The minimum absolute atomic E-state index is 0.144. The topological polar surface area (TPSA) is 77.1 Å². The fraction of sp³-hybridized carbons (Fsp3) is 0.278. The first-order valence-corrected chi connectivity index (χ1v) is 7.81. The Labute approximate surface area is 139 Å². The van der Waals surface area contributed by atoms with E-state index in [2.05, 4.69) is 24.1 Å². The molecule has 0 aliphatic rings. The summed E-state index contributed by atoms with van der Waals surface area (Å²) in [5.74, 6) is -0.603. The predicted molar refractivity (Wildman–Crippen MR) is 92.2 cm³/mol. The molecule has 0 atom stereocenters. The fourth-order valence-electron chi connectivity index (χ4n) is 2.70. The van der Waals surface area contributed by atoms with Crippen LogP contribution >= 0.6 is 0 Å². The molecule has 0 bridgehead atoms. The van der Waals surface area contributed by atoms with Gasteiger partial charge in [0, 0.05) is 11.9 Å². The first-order chi connectivity index (χ1) is 11.5. The summed E-state index contributed by atoms with van der Waals surface area (Å²) < 4.78 is 6.33. The summed E-state index contributed by atoms with van der Waals surface area (Å²) >= 11 is 0. The van der Waals surface area contributed by atoms with Gasteiger partial charge in [-0.15, -0.1) is 0 Å². The van der Waals surface area contributed by atoms with E-state index in [0.29, 0.717) is 11.2 Å². The summed E-state index contributed by atoms with van der Waals surface area (Å²) in [7, 11) is 0. The molecule has 6 nitrogen and oxygen atoms in total. The molecule has 6 heteroatoms. The number of aromatic nitrogens is 2. The molecule has 0 spiro atoms. The highest BCUT2D eigenvalue weighted by molar-refractivity contribution is 5.93. The summed E-state index contributed by atoms with van der Waals surface area (Å²) in [5, 5.41) is 2.92. The van der Waals surface area contributed by atoms with E-state index >= 15 is 0 Å². The quantitative estimate of drug-likeness (QED) is 0.800. The number of carbonyl (C=O) groups excluding carboxylic acids is 1. The zero-order chi connectivity index (χ0) is 17.3. The summed E-state index contributed by atoms with van der Waals surface area (Å²) in [6.07, 6.45) is 1.56. The van der Waals surface area contributed by atoms with Gasteiger partial charge in [0.15, 0.2) is 11.2 Å². The molecule has 2 heterocycles. The van der Waals surface area contributed by atoms with Crippen molar-refractivity contribution in [1.29, 1.82) is 0 Å². The van der Waals surface area contributed by atoms with Crippen LogP contribution in [0.5, 0.6) is 0 Å². The summed E-state index contributed by atoms with van der Waals surface area (Å²) in [5.41, 5.74) is 3.58. The monoisotopic (exact) mass is 325 g/mol. The lowest BCUT2D eigenvalue weighted by molar-refractivity contribution is -0.116. The van der Waals surface area contributed by atoms with E-state index in [1.54, 1.807) is 18.3 Å². The van der Waals surface area contributed by atoms with E-state index < -0.39 is 5.76 Å². The van der Waals surface area contributed by atoms with Crippen LogP contribution in [-0.2, 0) is 11.3 Å². The van der Waals surface area contributed by atoms with Crippen molar-refractivity contribution in [2.75, 3.05) is 5.32 Å². The summed E-state index contributed by atoms with van der Waals surface area (Å²) in [6.45, 7) is 5.95. The van der Waals surface area contributed by atoms with Gasteiger partial charge in [-0.1, -0.05) is 32.0 Å². The van der Waals surface area contributed by atoms with Crippen LogP contribution < -0.4 is 11.1 Å². The Morgan fingerprint density at radius 2 is 2.08 bits per heavy atom. The number of nitrogens with one attached hydrogen (secondary N) is 1. The van der Waals surface area contributed by atoms with Crippen molar-refractivity contribution in [1.82, 2.24) is 9.55 Å². The Morgan fingerprint density at radius 1 is 1.29 bits per heavy atom. The van der Waals surface area contributed by atoms with Gasteiger partial charge >= 0.3 is 5.76 Å². The maximum atomic E-state index is 12.5. The Kier molecular flexibility index (Phi) is 4.20. The standard InChI is InChI=1S/C18H19N3O3/c1-11(2)13-7-4-6-12(3)16(13)20-15(22)10-21-17-14(24-18(21)23)8-5-9-19-17/h4-9,11H,10H2,1-3H3,(H,20,22). The highest BCUT2D eigenvalue weighted by Crippen LogP contribution is 2.27. The molecule has 1 amide bonds. The van der Waals surface area contributed by atoms with E-state index in [9.17, 15) is 9.59 Å². The van der Waals surface area contributed by atoms with Crippen LogP contribution in [-0.4, -0.2) is 15.5 Å². The lowest BCUT2D eigenvalue weighted by atomic mass is 9.98. The van der Waals surface area contributed by atoms with Crippen LogP contribution in [0.4, 0.5) is 5.69 Å². The van der Waals surface area contributed by atoms with Gasteiger partial charge in [0.1, 0.15) is 6.54 Å². The molecule has 1 aromatic carbocycles. The lowest BCUT2D eigenvalue weighted by Crippen LogP contribution is -2.25. The third-order valence-electron chi connectivity index (χ3n) is 3.92. The molecule has 3 aromatic rings. The number of anilines is 1. The number of fused-ring (bicyclic) bond motifs is 1. The van der Waals surface area contributed by atoms with E-state index in [4.69, 9.17) is 4.42 Å². The Morgan fingerprint density at radius 3 is 2.83 bits per heavy atom. The van der Waals surface area contributed by atoms with Crippen LogP contribution in [0.1, 0.15) is 30.9 Å². The number of oxazole rings is 1. The van der Waals surface area contributed by atoms with E-state index in [1.165, 1.54) is 4.57 Å². The van der Waals surface area contributed by atoms with Crippen LogP contribution in [0.2, 0.25) is 0 Å². The maximum Gasteiger partial charge on any atom is 0.421 e. The number of para-hydroxylation sites is 1. The third kappa shape index (κ3) is 2.95. The minimum Gasteiger partial charge on any atom is -0.406 e. The van der Waals surface area contributed by atoms with Crippen molar-refractivity contribution in [3.8, 4) is 0 Å². The number of aryl methyl sites for hydroxylation is 1. The smallest absolute Gasteiger partial charge is 0.406 e. The van der Waals surface area contributed by atoms with Crippen LogP contribution in [0.15, 0.2) is 45.7 Å². The molecule has 0 saturated heterocycles. The van der Waals surface area contributed by atoms with Crippen LogP contribution in [0, 0.1) is 6.92 Å². The number of nitrogens with zero attached hydrogens (tertiary/aromatic N) is 2. The number of benzene rings is 1. The molecule has 0 fully saturated rings. The highest BCUT2D eigenvalue weighted by atomic mass is 16.4. The predicted octanol–water partition coefficient (Wildman–Crippen LogP) is 3.06. The molecule has 1 N–H and O–H groups in total. The van der Waals surface area contributed by atoms with Crippen molar-refractivity contribution in [2.45, 2.75) is 33.2 Å². The SMILES string of the molecule is Cc1cccc(C(C)C)c1NC(=O)Cn1c(=O)oc2cccnc21. The Bertz CT molecular complexity index is 954. The summed E-state index contributed by atoms with van der Waals surface area (Å²) in [4.78, 5) is 28.5. The molecule has 0 saturated carbocycles. The number of pyridine rings is 1. The molecule has 24 heavy (non-hydrogen) atoms. The second kappa shape index (κ2) is 6.31. The average molecular weight is 325 g/mol. The molecule has 0 aliphatic carbocycles. The summed E-state index contributed by atoms with van der Waals surface area (Å²) in [6, 6.07) is 9.24. The van der Waals surface area contributed by atoms with E-state index in [0.717, 1.165) is 16.8 Å². The van der Waals surface area contributed by atoms with Gasteiger partial charge in [0.05, 0.1) is 0 Å². The first-order valence-electron chi connectivity index (χ1n) is 7.81. The van der Waals surface area contributed by atoms with E-state index in [1.807, 2.05) is 25.1 Å². The maximum absolute atomic E-state index is 12.5. The average Bonchev–Trinajstić information content (AvgIpc) is 2.85. The van der Waals surface area contributed by atoms with Crippen molar-refractivity contribution in [3.63, 3.8) is 0 Å². The minimum atomic E-state index is -0.590. The number of hydrogen-bond acceptors (Lipinski definition) is 4. The molecule has 3 rings (SSSR count). The number of rotatable bonds is 4. The molecule has 0 radical (unpaired) electrons. The molecule has 0 unspecified atom stereocenters. The molecular formula is C18H19N3O3. The number of hydrogen-bond donors (Lipinski definition) is 1.